The summed E-state index contributed by atoms with van der Waals surface area (Å²) in [5.41, 5.74) is 8.70. The molecule has 1 amide bonds. The van der Waals surface area contributed by atoms with Crippen LogP contribution < -0.4 is 15.2 Å². The van der Waals surface area contributed by atoms with Crippen molar-refractivity contribution in [1.82, 2.24) is 4.90 Å². The number of para-hydroxylation sites is 2. The molecule has 182 valence electrons. The molecular weight excluding hydrogens is 432 g/mol. The number of hydrogen-bond donors (Lipinski definition) is 2. The summed E-state index contributed by atoms with van der Waals surface area (Å²) in [6, 6.07) is 15.2. The Bertz CT molecular complexity index is 1060. The summed E-state index contributed by atoms with van der Waals surface area (Å²) in [6.45, 7) is 6.41. The average molecular weight is 468 g/mol. The Morgan fingerprint density at radius 3 is 2.15 bits per heavy atom. The monoisotopic (exact) mass is 467 g/mol. The molecule has 0 aromatic heterocycles. The van der Waals surface area contributed by atoms with Crippen LogP contribution >= 0.6 is 0 Å². The maximum atomic E-state index is 12.3. The van der Waals surface area contributed by atoms with E-state index in [4.69, 9.17) is 20.2 Å². The van der Waals surface area contributed by atoms with Crippen LogP contribution in [0.25, 0.3) is 11.4 Å². The van der Waals surface area contributed by atoms with E-state index in [2.05, 4.69) is 18.7 Å². The summed E-state index contributed by atoms with van der Waals surface area (Å²) >= 11 is 0. The number of methoxy groups -OCH3 is 2. The molecule has 2 unspecified atom stereocenters. The zero-order valence-corrected chi connectivity index (χ0v) is 20.4. The highest BCUT2D eigenvalue weighted by Crippen LogP contribution is 2.44. The second-order valence-electron chi connectivity index (χ2n) is 8.32. The molecule has 1 aliphatic heterocycles. The molecule has 0 spiro atoms. The van der Waals surface area contributed by atoms with Crippen molar-refractivity contribution in [2.45, 2.75) is 20.0 Å². The van der Waals surface area contributed by atoms with Gasteiger partial charge in [0.1, 0.15) is 29.8 Å². The van der Waals surface area contributed by atoms with Crippen molar-refractivity contribution in [3.05, 3.63) is 59.7 Å². The third-order valence-corrected chi connectivity index (χ3v) is 6.14. The van der Waals surface area contributed by atoms with E-state index < -0.39 is 12.0 Å². The van der Waals surface area contributed by atoms with E-state index in [1.807, 2.05) is 48.5 Å². The highest BCUT2D eigenvalue weighted by molar-refractivity contribution is 5.98. The third kappa shape index (κ3) is 5.30. The quantitative estimate of drug-likeness (QED) is 0.468. The Balaban J connectivity index is 2.24. The third-order valence-electron chi connectivity index (χ3n) is 6.14. The number of quaternary nitrogens is 1. The smallest absolute Gasteiger partial charge is 0.273 e. The van der Waals surface area contributed by atoms with Gasteiger partial charge in [0.25, 0.3) is 5.91 Å². The van der Waals surface area contributed by atoms with Crippen LogP contribution in [-0.2, 0) is 4.79 Å². The number of benzene rings is 2. The molecule has 0 saturated carbocycles. The minimum Gasteiger partial charge on any atom is -0.496 e. The van der Waals surface area contributed by atoms with Gasteiger partial charge >= 0.3 is 0 Å². The van der Waals surface area contributed by atoms with Crippen LogP contribution in [0, 0.1) is 0 Å². The Morgan fingerprint density at radius 2 is 1.59 bits per heavy atom. The Morgan fingerprint density at radius 1 is 1.03 bits per heavy atom. The lowest BCUT2D eigenvalue weighted by molar-refractivity contribution is -0.753. The number of amides is 1. The molecular formula is C26H35N4O4+. The van der Waals surface area contributed by atoms with E-state index in [1.54, 1.807) is 20.6 Å². The molecule has 3 rings (SSSR count). The Kier molecular flexibility index (Phi) is 8.44. The van der Waals surface area contributed by atoms with E-state index in [-0.39, 0.29) is 17.6 Å². The lowest BCUT2D eigenvalue weighted by Crippen LogP contribution is -2.54. The largest absolute Gasteiger partial charge is 0.496 e. The molecule has 2 aromatic rings. The van der Waals surface area contributed by atoms with Crippen LogP contribution in [0.2, 0.25) is 0 Å². The molecule has 0 saturated heterocycles. The average Bonchev–Trinajstić information content (AvgIpc) is 3.19. The highest BCUT2D eigenvalue weighted by Gasteiger charge is 2.44. The van der Waals surface area contributed by atoms with Gasteiger partial charge in [-0.1, -0.05) is 38.1 Å². The number of hydrogen-bond acceptors (Lipinski definition) is 6. The number of aliphatic hydroxyl groups excluding tert-OH is 1. The zero-order valence-electron chi connectivity index (χ0n) is 20.4. The van der Waals surface area contributed by atoms with Crippen LogP contribution in [0.3, 0.4) is 0 Å². The van der Waals surface area contributed by atoms with Crippen molar-refractivity contribution in [1.29, 1.82) is 0 Å². The number of primary amides is 1. The molecule has 0 fully saturated rings. The number of carbonyl (C=O) groups is 1. The van der Waals surface area contributed by atoms with Crippen LogP contribution in [0.4, 0.5) is 0 Å². The van der Waals surface area contributed by atoms with Gasteiger partial charge in [0.15, 0.2) is 18.6 Å². The van der Waals surface area contributed by atoms with Crippen molar-refractivity contribution in [3.8, 4) is 11.5 Å². The molecule has 0 aliphatic carbocycles. The SMILES string of the molecule is CCN(CC)CC(O)C[N+]1(CC(N)=O)C=NC(c2ccccc2OC)=C1c1ccccc1OC. The van der Waals surface area contributed by atoms with Crippen molar-refractivity contribution in [2.24, 2.45) is 10.7 Å². The number of aliphatic imine (C=N–C) groups is 1. The predicted octanol–water partition coefficient (Wildman–Crippen LogP) is 2.58. The standard InChI is InChI=1S/C26H34N4O4/c1-5-29(6-2)15-19(31)16-30(17-24(27)32)18-28-25(20-11-7-9-13-22(20)33-3)26(30)21-12-8-10-14-23(21)34-4/h7-14,18-19,31H,5-6,15-17H2,1-4H3,(H-,27,32)/p+1. The van der Waals surface area contributed by atoms with E-state index in [0.29, 0.717) is 23.7 Å². The first-order valence-corrected chi connectivity index (χ1v) is 11.5. The van der Waals surface area contributed by atoms with Crippen molar-refractivity contribution >= 4 is 23.6 Å². The molecule has 3 N–H and O–H groups in total. The Hall–Kier alpha value is -3.20. The van der Waals surface area contributed by atoms with Crippen molar-refractivity contribution < 1.29 is 23.9 Å². The molecule has 1 heterocycles. The van der Waals surface area contributed by atoms with Crippen LogP contribution in [0.15, 0.2) is 53.5 Å². The predicted molar refractivity (Wildman–Crippen MR) is 134 cm³/mol. The Labute approximate surface area is 201 Å². The molecule has 8 nitrogen and oxygen atoms in total. The molecule has 2 aromatic carbocycles. The van der Waals surface area contributed by atoms with E-state index in [1.165, 1.54) is 0 Å². The topological polar surface area (TPSA) is 97.4 Å². The minimum absolute atomic E-state index is 0.0223. The van der Waals surface area contributed by atoms with Gasteiger partial charge in [-0.15, -0.1) is 0 Å². The van der Waals surface area contributed by atoms with Gasteiger partial charge in [0.2, 0.25) is 0 Å². The fourth-order valence-electron chi connectivity index (χ4n) is 4.56. The number of nitrogens with zero attached hydrogens (tertiary/aromatic N) is 3. The number of rotatable bonds is 12. The van der Waals surface area contributed by atoms with Gasteiger partial charge < -0.3 is 25.2 Å². The summed E-state index contributed by atoms with van der Waals surface area (Å²) in [5.74, 6) is 0.806. The van der Waals surface area contributed by atoms with Crippen molar-refractivity contribution in [3.63, 3.8) is 0 Å². The first-order valence-electron chi connectivity index (χ1n) is 11.5. The molecule has 2 atom stereocenters. The van der Waals surface area contributed by atoms with Gasteiger partial charge in [-0.25, -0.2) is 4.48 Å². The molecule has 8 heteroatoms. The number of aliphatic hydroxyl groups is 1. The number of likely N-dealkylation sites (N-methyl/N-ethyl adjacent to an activating group) is 1. The minimum atomic E-state index is -0.715. The lowest BCUT2D eigenvalue weighted by atomic mass is 10.0. The first-order chi connectivity index (χ1) is 16.4. The van der Waals surface area contributed by atoms with Crippen LogP contribution in [0.5, 0.6) is 11.5 Å². The van der Waals surface area contributed by atoms with E-state index in [9.17, 15) is 9.90 Å². The lowest BCUT2D eigenvalue weighted by Gasteiger charge is -2.35. The summed E-state index contributed by atoms with van der Waals surface area (Å²) in [5, 5.41) is 11.1. The number of carbonyl (C=O) groups excluding carboxylic acids is 1. The molecule has 1 aliphatic rings. The summed E-state index contributed by atoms with van der Waals surface area (Å²) < 4.78 is 11.3. The molecule has 34 heavy (non-hydrogen) atoms. The second-order valence-corrected chi connectivity index (χ2v) is 8.32. The van der Waals surface area contributed by atoms with Gasteiger partial charge in [-0.05, 0) is 37.4 Å². The summed E-state index contributed by atoms with van der Waals surface area (Å²) in [4.78, 5) is 19.3. The van der Waals surface area contributed by atoms with E-state index >= 15 is 0 Å². The van der Waals surface area contributed by atoms with Crippen molar-refractivity contribution in [2.75, 3.05) is 46.9 Å². The number of nitrogens with two attached hydrogens (primary N) is 1. The summed E-state index contributed by atoms with van der Waals surface area (Å²) in [6.07, 6.45) is 0.993. The first kappa shape index (κ1) is 25.4. The highest BCUT2D eigenvalue weighted by atomic mass is 16.5. The van der Waals surface area contributed by atoms with Gasteiger partial charge in [0, 0.05) is 12.1 Å². The van der Waals surface area contributed by atoms with E-state index in [0.717, 1.165) is 29.9 Å². The van der Waals surface area contributed by atoms with Gasteiger partial charge in [-0.3, -0.25) is 4.79 Å². The fourth-order valence-corrected chi connectivity index (χ4v) is 4.56. The van der Waals surface area contributed by atoms with Crippen LogP contribution in [-0.4, -0.2) is 79.8 Å². The number of ether oxygens (including phenoxy) is 2. The van der Waals surface area contributed by atoms with Crippen LogP contribution in [0.1, 0.15) is 25.0 Å². The maximum Gasteiger partial charge on any atom is 0.273 e. The molecule has 0 radical (unpaired) electrons. The fraction of sp³-hybridized carbons (Fsp3) is 0.385. The normalized spacial score (nSPS) is 18.4. The van der Waals surface area contributed by atoms with Gasteiger partial charge in [-0.2, -0.15) is 4.99 Å². The van der Waals surface area contributed by atoms with Gasteiger partial charge in [0.05, 0.1) is 19.8 Å². The summed E-state index contributed by atoms with van der Waals surface area (Å²) in [7, 11) is 3.22. The second kappa shape index (κ2) is 11.3. The molecule has 0 bridgehead atoms. The maximum absolute atomic E-state index is 12.3. The zero-order chi connectivity index (χ0) is 24.7.